The second kappa shape index (κ2) is 8.40. The average Bonchev–Trinajstić information content (AvgIpc) is 2.89. The third-order valence-corrected chi connectivity index (χ3v) is 4.52. The van der Waals surface area contributed by atoms with Crippen LogP contribution in [0, 0.1) is 0 Å². The number of methoxy groups -OCH3 is 1. The van der Waals surface area contributed by atoms with E-state index in [1.54, 1.807) is 29.9 Å². The van der Waals surface area contributed by atoms with Crippen LogP contribution in [0.3, 0.4) is 0 Å². The van der Waals surface area contributed by atoms with Gasteiger partial charge in [-0.2, -0.15) is 0 Å². The Morgan fingerprint density at radius 2 is 1.96 bits per heavy atom. The van der Waals surface area contributed by atoms with E-state index in [2.05, 4.69) is 10.2 Å². The Kier molecular flexibility index (Phi) is 6.73. The number of halogens is 2. The van der Waals surface area contributed by atoms with E-state index in [1.807, 2.05) is 20.8 Å². The molecule has 0 amide bonds. The van der Waals surface area contributed by atoms with E-state index in [0.29, 0.717) is 21.0 Å². The molecule has 0 fully saturated rings. The van der Waals surface area contributed by atoms with Crippen molar-refractivity contribution in [3.05, 3.63) is 34.1 Å². The van der Waals surface area contributed by atoms with E-state index in [0.717, 1.165) is 5.69 Å². The van der Waals surface area contributed by atoms with Crippen LogP contribution in [0.1, 0.15) is 26.6 Å². The van der Waals surface area contributed by atoms with Crippen LogP contribution in [0.15, 0.2) is 23.4 Å². The summed E-state index contributed by atoms with van der Waals surface area (Å²) in [6, 6.07) is 5.20. The van der Waals surface area contributed by atoms with E-state index < -0.39 is 5.60 Å². The standard InChI is InChI=1S/C16H19Cl2N3O3S/c1-16(2,3)24-14(22)9-25-15-20-19-13(8-23-4)21(15)10-5-6-11(17)12(18)7-10/h5-7H,8-9H2,1-4H3. The summed E-state index contributed by atoms with van der Waals surface area (Å²) in [4.78, 5) is 11.9. The van der Waals surface area contributed by atoms with Crippen LogP contribution in [0.5, 0.6) is 0 Å². The average molecular weight is 404 g/mol. The number of aromatic nitrogens is 3. The molecule has 136 valence electrons. The zero-order valence-electron chi connectivity index (χ0n) is 14.4. The number of rotatable bonds is 6. The third-order valence-electron chi connectivity index (χ3n) is 2.87. The Balaban J connectivity index is 2.27. The lowest BCUT2D eigenvalue weighted by atomic mass is 10.2. The summed E-state index contributed by atoms with van der Waals surface area (Å²) in [5.41, 5.74) is 0.203. The van der Waals surface area contributed by atoms with Crippen molar-refractivity contribution >= 4 is 40.9 Å². The molecule has 1 aromatic carbocycles. The predicted molar refractivity (Wildman–Crippen MR) is 98.7 cm³/mol. The highest BCUT2D eigenvalue weighted by Gasteiger charge is 2.20. The van der Waals surface area contributed by atoms with E-state index in [9.17, 15) is 4.79 Å². The molecular weight excluding hydrogens is 385 g/mol. The minimum absolute atomic E-state index is 0.115. The van der Waals surface area contributed by atoms with Crippen LogP contribution < -0.4 is 0 Å². The fourth-order valence-electron chi connectivity index (χ4n) is 1.99. The number of thioether (sulfide) groups is 1. The summed E-state index contributed by atoms with van der Waals surface area (Å²) >= 11 is 13.3. The van der Waals surface area contributed by atoms with E-state index in [-0.39, 0.29) is 18.3 Å². The molecule has 0 aliphatic heterocycles. The molecule has 0 bridgehead atoms. The van der Waals surface area contributed by atoms with Gasteiger partial charge in [0, 0.05) is 7.11 Å². The summed E-state index contributed by atoms with van der Waals surface area (Å²) in [7, 11) is 1.57. The minimum atomic E-state index is -0.532. The van der Waals surface area contributed by atoms with Gasteiger partial charge in [-0.25, -0.2) is 0 Å². The molecule has 0 N–H and O–H groups in total. The molecule has 0 radical (unpaired) electrons. The van der Waals surface area contributed by atoms with Crippen LogP contribution in [0.25, 0.3) is 5.69 Å². The van der Waals surface area contributed by atoms with Gasteiger partial charge in [0.05, 0.1) is 21.5 Å². The SMILES string of the molecule is COCc1nnc(SCC(=O)OC(C)(C)C)n1-c1ccc(Cl)c(Cl)c1. The Hall–Kier alpha value is -1.28. The van der Waals surface area contributed by atoms with Gasteiger partial charge in [-0.05, 0) is 39.0 Å². The Morgan fingerprint density at radius 3 is 2.56 bits per heavy atom. The van der Waals surface area contributed by atoms with E-state index in [4.69, 9.17) is 32.7 Å². The van der Waals surface area contributed by atoms with Gasteiger partial charge in [-0.1, -0.05) is 35.0 Å². The number of hydrogen-bond donors (Lipinski definition) is 0. The van der Waals surface area contributed by atoms with Crippen LogP contribution in [0.2, 0.25) is 10.0 Å². The molecule has 0 saturated carbocycles. The number of nitrogens with zero attached hydrogens (tertiary/aromatic N) is 3. The monoisotopic (exact) mass is 403 g/mol. The van der Waals surface area contributed by atoms with Gasteiger partial charge in [0.1, 0.15) is 12.2 Å². The molecule has 0 spiro atoms. The first kappa shape index (κ1) is 20.0. The Bertz CT molecular complexity index is 760. The molecule has 6 nitrogen and oxygen atoms in total. The molecular formula is C16H19Cl2N3O3S. The first-order valence-corrected chi connectivity index (χ1v) is 9.18. The van der Waals surface area contributed by atoms with Gasteiger partial charge in [-0.15, -0.1) is 10.2 Å². The molecule has 9 heteroatoms. The minimum Gasteiger partial charge on any atom is -0.459 e. The molecule has 0 aliphatic carbocycles. The molecule has 0 atom stereocenters. The van der Waals surface area contributed by atoms with E-state index in [1.165, 1.54) is 11.8 Å². The van der Waals surface area contributed by atoms with Crippen molar-refractivity contribution in [2.24, 2.45) is 0 Å². The highest BCUT2D eigenvalue weighted by molar-refractivity contribution is 7.99. The van der Waals surface area contributed by atoms with Crippen LogP contribution in [-0.2, 0) is 20.9 Å². The number of ether oxygens (including phenoxy) is 2. The normalized spacial score (nSPS) is 11.6. The smallest absolute Gasteiger partial charge is 0.316 e. The highest BCUT2D eigenvalue weighted by Crippen LogP contribution is 2.28. The van der Waals surface area contributed by atoms with Gasteiger partial charge < -0.3 is 9.47 Å². The lowest BCUT2D eigenvalue weighted by molar-refractivity contribution is -0.151. The molecule has 25 heavy (non-hydrogen) atoms. The maximum Gasteiger partial charge on any atom is 0.316 e. The first-order valence-electron chi connectivity index (χ1n) is 7.44. The third kappa shape index (κ3) is 5.60. The van der Waals surface area contributed by atoms with Crippen LogP contribution in [0.4, 0.5) is 0 Å². The van der Waals surface area contributed by atoms with Crippen molar-refractivity contribution in [2.45, 2.75) is 38.1 Å². The molecule has 0 unspecified atom stereocenters. The summed E-state index contributed by atoms with van der Waals surface area (Å²) in [6.45, 7) is 5.74. The maximum absolute atomic E-state index is 11.9. The van der Waals surface area contributed by atoms with Crippen molar-refractivity contribution in [3.63, 3.8) is 0 Å². The highest BCUT2D eigenvalue weighted by atomic mass is 35.5. The fraction of sp³-hybridized carbons (Fsp3) is 0.438. The van der Waals surface area contributed by atoms with Crippen molar-refractivity contribution in [1.82, 2.24) is 14.8 Å². The van der Waals surface area contributed by atoms with Crippen LogP contribution >= 0.6 is 35.0 Å². The quantitative estimate of drug-likeness (QED) is 0.532. The summed E-state index contributed by atoms with van der Waals surface area (Å²) in [5, 5.41) is 9.68. The summed E-state index contributed by atoms with van der Waals surface area (Å²) in [5.74, 6) is 0.381. The predicted octanol–water partition coefficient (Wildman–Crippen LogP) is 4.15. The summed E-state index contributed by atoms with van der Waals surface area (Å²) in [6.07, 6.45) is 0. The number of hydrogen-bond acceptors (Lipinski definition) is 6. The molecule has 2 aromatic rings. The van der Waals surface area contributed by atoms with E-state index >= 15 is 0 Å². The topological polar surface area (TPSA) is 66.2 Å². The maximum atomic E-state index is 11.9. The summed E-state index contributed by atoms with van der Waals surface area (Å²) < 4.78 is 12.3. The Morgan fingerprint density at radius 1 is 1.24 bits per heavy atom. The Labute approximate surface area is 160 Å². The van der Waals surface area contributed by atoms with Gasteiger partial charge in [0.25, 0.3) is 0 Å². The molecule has 2 rings (SSSR count). The van der Waals surface area contributed by atoms with Crippen molar-refractivity contribution in [2.75, 3.05) is 12.9 Å². The van der Waals surface area contributed by atoms with Crippen molar-refractivity contribution in [1.29, 1.82) is 0 Å². The van der Waals surface area contributed by atoms with Gasteiger partial charge in [-0.3, -0.25) is 9.36 Å². The fourth-order valence-corrected chi connectivity index (χ4v) is 3.03. The lowest BCUT2D eigenvalue weighted by Gasteiger charge is -2.19. The first-order chi connectivity index (χ1) is 11.7. The van der Waals surface area contributed by atoms with Gasteiger partial charge >= 0.3 is 5.97 Å². The molecule has 0 saturated heterocycles. The number of carbonyl (C=O) groups is 1. The molecule has 1 aromatic heterocycles. The molecule has 0 aliphatic rings. The molecule has 1 heterocycles. The van der Waals surface area contributed by atoms with Crippen LogP contribution in [-0.4, -0.2) is 39.2 Å². The largest absolute Gasteiger partial charge is 0.459 e. The zero-order valence-corrected chi connectivity index (χ0v) is 16.7. The van der Waals surface area contributed by atoms with Gasteiger partial charge in [0.15, 0.2) is 11.0 Å². The van der Waals surface area contributed by atoms with Crippen molar-refractivity contribution < 1.29 is 14.3 Å². The second-order valence-electron chi connectivity index (χ2n) is 6.14. The second-order valence-corrected chi connectivity index (χ2v) is 7.90. The number of esters is 1. The lowest BCUT2D eigenvalue weighted by Crippen LogP contribution is -2.25. The number of carbonyl (C=O) groups excluding carboxylic acids is 1. The zero-order chi connectivity index (χ0) is 18.6. The van der Waals surface area contributed by atoms with Gasteiger partial charge in [0.2, 0.25) is 0 Å². The number of benzene rings is 1. The van der Waals surface area contributed by atoms with Crippen molar-refractivity contribution in [3.8, 4) is 5.69 Å².